The summed E-state index contributed by atoms with van der Waals surface area (Å²) in [5.74, 6) is 1.44. The molecule has 0 saturated carbocycles. The number of rotatable bonds is 4. The van der Waals surface area contributed by atoms with Gasteiger partial charge in [0.05, 0.1) is 18.5 Å². The molecule has 2 rings (SSSR count). The zero-order chi connectivity index (χ0) is 13.0. The molecule has 4 heteroatoms. The van der Waals surface area contributed by atoms with Crippen molar-refractivity contribution in [2.75, 3.05) is 44.8 Å². The first-order valence-corrected chi connectivity index (χ1v) is 6.55. The molecule has 0 radical (unpaired) electrons. The third kappa shape index (κ3) is 3.07. The molecule has 0 aliphatic carbocycles. The second kappa shape index (κ2) is 5.96. The second-order valence-electron chi connectivity index (χ2n) is 5.07. The van der Waals surface area contributed by atoms with Crippen LogP contribution in [0.1, 0.15) is 12.8 Å². The third-order valence-electron chi connectivity index (χ3n) is 3.59. The number of anilines is 2. The van der Waals surface area contributed by atoms with Crippen LogP contribution in [0, 0.1) is 5.92 Å². The molecule has 0 bridgehead atoms. The Morgan fingerprint density at radius 2 is 2.33 bits per heavy atom. The Morgan fingerprint density at radius 1 is 1.50 bits per heavy atom. The van der Waals surface area contributed by atoms with Gasteiger partial charge >= 0.3 is 0 Å². The maximum absolute atomic E-state index is 6.04. The van der Waals surface area contributed by atoms with E-state index >= 15 is 0 Å². The molecule has 1 atom stereocenters. The van der Waals surface area contributed by atoms with Crippen LogP contribution in [0.25, 0.3) is 0 Å². The van der Waals surface area contributed by atoms with Crippen LogP contribution in [0.3, 0.4) is 0 Å². The predicted octanol–water partition coefficient (Wildman–Crippen LogP) is 2.03. The normalized spacial score (nSPS) is 20.7. The number of benzene rings is 1. The van der Waals surface area contributed by atoms with Crippen LogP contribution in [0.2, 0.25) is 0 Å². The Hall–Kier alpha value is -1.42. The molecule has 1 aliphatic rings. The number of piperidine rings is 1. The Kier molecular flexibility index (Phi) is 4.31. The van der Waals surface area contributed by atoms with E-state index in [0.717, 1.165) is 24.5 Å². The molecule has 4 nitrogen and oxygen atoms in total. The zero-order valence-electron chi connectivity index (χ0n) is 11.3. The lowest BCUT2D eigenvalue weighted by atomic mass is 9.98. The van der Waals surface area contributed by atoms with E-state index in [0.29, 0.717) is 11.6 Å². The molecule has 1 saturated heterocycles. The highest BCUT2D eigenvalue weighted by molar-refractivity contribution is 5.72. The summed E-state index contributed by atoms with van der Waals surface area (Å²) in [5, 5.41) is 3.45. The Labute approximate surface area is 109 Å². The summed E-state index contributed by atoms with van der Waals surface area (Å²) in [6.07, 6.45) is 2.58. The second-order valence-corrected chi connectivity index (χ2v) is 5.07. The highest BCUT2D eigenvalue weighted by Crippen LogP contribution is 2.29. The number of ether oxygens (including phenoxy) is 1. The van der Waals surface area contributed by atoms with Gasteiger partial charge in [-0.1, -0.05) is 6.07 Å². The van der Waals surface area contributed by atoms with Gasteiger partial charge in [-0.05, 0) is 44.5 Å². The van der Waals surface area contributed by atoms with Gasteiger partial charge in [-0.15, -0.1) is 0 Å². The minimum Gasteiger partial charge on any atom is -0.495 e. The van der Waals surface area contributed by atoms with Crippen LogP contribution in [0.15, 0.2) is 18.2 Å². The predicted molar refractivity (Wildman–Crippen MR) is 76.1 cm³/mol. The highest BCUT2D eigenvalue weighted by atomic mass is 16.5. The first-order chi connectivity index (χ1) is 8.70. The van der Waals surface area contributed by atoms with Gasteiger partial charge in [-0.2, -0.15) is 0 Å². The lowest BCUT2D eigenvalue weighted by molar-refractivity contribution is 0.217. The summed E-state index contributed by atoms with van der Waals surface area (Å²) in [4.78, 5) is 2.39. The van der Waals surface area contributed by atoms with Gasteiger partial charge in [0.15, 0.2) is 0 Å². The molecule has 1 unspecified atom stereocenters. The average Bonchev–Trinajstić information content (AvgIpc) is 2.38. The van der Waals surface area contributed by atoms with Gasteiger partial charge in [-0.25, -0.2) is 0 Å². The summed E-state index contributed by atoms with van der Waals surface area (Å²) in [6, 6.07) is 5.85. The molecular formula is C14H23N3O. The maximum atomic E-state index is 6.04. The fourth-order valence-electron chi connectivity index (χ4n) is 2.57. The number of nitrogens with one attached hydrogen (secondary N) is 1. The Bertz CT molecular complexity index is 395. The number of para-hydroxylation sites is 1. The molecule has 1 aliphatic heterocycles. The van der Waals surface area contributed by atoms with Gasteiger partial charge in [0.1, 0.15) is 5.75 Å². The van der Waals surface area contributed by atoms with E-state index in [4.69, 9.17) is 10.5 Å². The highest BCUT2D eigenvalue weighted by Gasteiger charge is 2.17. The summed E-state index contributed by atoms with van der Waals surface area (Å²) in [7, 11) is 3.83. The fourth-order valence-corrected chi connectivity index (χ4v) is 2.57. The monoisotopic (exact) mass is 249 g/mol. The molecule has 1 aromatic rings. The fraction of sp³-hybridized carbons (Fsp3) is 0.571. The zero-order valence-corrected chi connectivity index (χ0v) is 11.3. The molecule has 1 fully saturated rings. The number of nitrogens with zero attached hydrogens (tertiary/aromatic N) is 1. The largest absolute Gasteiger partial charge is 0.495 e. The van der Waals surface area contributed by atoms with Crippen LogP contribution in [-0.2, 0) is 0 Å². The molecule has 0 amide bonds. The number of nitrogen functional groups attached to an aromatic ring is 1. The van der Waals surface area contributed by atoms with E-state index in [1.54, 1.807) is 7.11 Å². The van der Waals surface area contributed by atoms with E-state index in [1.165, 1.54) is 19.4 Å². The lowest BCUT2D eigenvalue weighted by Crippen LogP contribution is -2.35. The quantitative estimate of drug-likeness (QED) is 0.802. The number of hydrogen-bond acceptors (Lipinski definition) is 4. The van der Waals surface area contributed by atoms with E-state index in [2.05, 4.69) is 17.3 Å². The van der Waals surface area contributed by atoms with Crippen LogP contribution in [0.4, 0.5) is 11.4 Å². The van der Waals surface area contributed by atoms with Crippen molar-refractivity contribution in [3.05, 3.63) is 18.2 Å². The number of nitrogens with two attached hydrogens (primary N) is 1. The minimum absolute atomic E-state index is 0.698. The van der Waals surface area contributed by atoms with E-state index in [1.807, 2.05) is 18.2 Å². The molecular weight excluding hydrogens is 226 g/mol. The van der Waals surface area contributed by atoms with E-state index < -0.39 is 0 Å². The topological polar surface area (TPSA) is 50.5 Å². The number of likely N-dealkylation sites (tertiary alicyclic amines) is 1. The van der Waals surface area contributed by atoms with Crippen LogP contribution in [-0.4, -0.2) is 38.7 Å². The molecule has 3 N–H and O–H groups in total. The van der Waals surface area contributed by atoms with Crippen LogP contribution < -0.4 is 15.8 Å². The van der Waals surface area contributed by atoms with Gasteiger partial charge < -0.3 is 20.7 Å². The van der Waals surface area contributed by atoms with Gasteiger partial charge in [0, 0.05) is 13.1 Å². The molecule has 18 heavy (non-hydrogen) atoms. The summed E-state index contributed by atoms with van der Waals surface area (Å²) >= 11 is 0. The molecule has 1 aromatic carbocycles. The van der Waals surface area contributed by atoms with Crippen molar-refractivity contribution in [3.8, 4) is 5.75 Å². The maximum Gasteiger partial charge on any atom is 0.143 e. The molecule has 1 heterocycles. The first-order valence-electron chi connectivity index (χ1n) is 6.55. The van der Waals surface area contributed by atoms with Crippen molar-refractivity contribution in [2.24, 2.45) is 5.92 Å². The molecule has 0 spiro atoms. The average molecular weight is 249 g/mol. The van der Waals surface area contributed by atoms with Crippen LogP contribution >= 0.6 is 0 Å². The van der Waals surface area contributed by atoms with Crippen molar-refractivity contribution in [1.29, 1.82) is 0 Å². The van der Waals surface area contributed by atoms with Gasteiger partial charge in [0.25, 0.3) is 0 Å². The number of hydrogen-bond donors (Lipinski definition) is 2. The SMILES string of the molecule is COc1cccc(NCC2CCCN(C)C2)c1N. The van der Waals surface area contributed by atoms with Crippen molar-refractivity contribution in [3.63, 3.8) is 0 Å². The molecule has 0 aromatic heterocycles. The third-order valence-corrected chi connectivity index (χ3v) is 3.59. The summed E-state index contributed by atoms with van der Waals surface area (Å²) < 4.78 is 5.22. The van der Waals surface area contributed by atoms with Gasteiger partial charge in [-0.3, -0.25) is 0 Å². The number of methoxy groups -OCH3 is 1. The van der Waals surface area contributed by atoms with Crippen molar-refractivity contribution in [1.82, 2.24) is 4.90 Å². The molecule has 100 valence electrons. The van der Waals surface area contributed by atoms with E-state index in [9.17, 15) is 0 Å². The lowest BCUT2D eigenvalue weighted by Gasteiger charge is -2.30. The van der Waals surface area contributed by atoms with Crippen molar-refractivity contribution >= 4 is 11.4 Å². The van der Waals surface area contributed by atoms with Crippen molar-refractivity contribution < 1.29 is 4.74 Å². The Balaban J connectivity index is 1.93. The smallest absolute Gasteiger partial charge is 0.143 e. The van der Waals surface area contributed by atoms with Crippen LogP contribution in [0.5, 0.6) is 5.75 Å². The van der Waals surface area contributed by atoms with E-state index in [-0.39, 0.29) is 0 Å². The standard InChI is InChI=1S/C14H23N3O/c1-17-8-4-5-11(10-17)9-16-12-6-3-7-13(18-2)14(12)15/h3,6-7,11,16H,4-5,8-10,15H2,1-2H3. The first kappa shape index (κ1) is 13.0. The Morgan fingerprint density at radius 3 is 3.06 bits per heavy atom. The summed E-state index contributed by atoms with van der Waals surface area (Å²) in [5.41, 5.74) is 7.71. The summed E-state index contributed by atoms with van der Waals surface area (Å²) in [6.45, 7) is 3.36. The van der Waals surface area contributed by atoms with Crippen molar-refractivity contribution in [2.45, 2.75) is 12.8 Å². The van der Waals surface area contributed by atoms with Gasteiger partial charge in [0.2, 0.25) is 0 Å². The minimum atomic E-state index is 0.698.